The lowest BCUT2D eigenvalue weighted by Crippen LogP contribution is -2.43. The highest BCUT2D eigenvalue weighted by molar-refractivity contribution is 5.29. The van der Waals surface area contributed by atoms with E-state index in [4.69, 9.17) is 5.73 Å². The van der Waals surface area contributed by atoms with Crippen LogP contribution in [-0.2, 0) is 0 Å². The molecule has 4 nitrogen and oxygen atoms in total. The van der Waals surface area contributed by atoms with Gasteiger partial charge >= 0.3 is 0 Å². The summed E-state index contributed by atoms with van der Waals surface area (Å²) in [5, 5.41) is 0. The van der Waals surface area contributed by atoms with Crippen LogP contribution in [0.4, 0.5) is 5.95 Å². The molecule has 0 spiro atoms. The van der Waals surface area contributed by atoms with Gasteiger partial charge in [-0.05, 0) is 18.9 Å². The Morgan fingerprint density at radius 1 is 1.38 bits per heavy atom. The minimum Gasteiger partial charge on any atom is -0.339 e. The molecule has 13 heavy (non-hydrogen) atoms. The van der Waals surface area contributed by atoms with Crippen LogP contribution in [0, 0.1) is 0 Å². The molecule has 4 heteroatoms. The molecule has 1 saturated heterocycles. The minimum atomic E-state index is 0.276. The lowest BCUT2D eigenvalue weighted by atomic mass is 10.1. The molecule has 1 aliphatic rings. The minimum absolute atomic E-state index is 0.276. The van der Waals surface area contributed by atoms with Gasteiger partial charge in [-0.15, -0.1) is 0 Å². The molecular weight excluding hydrogens is 164 g/mol. The Kier molecular flexibility index (Phi) is 2.40. The lowest BCUT2D eigenvalue weighted by molar-refractivity contribution is 0.500. The van der Waals surface area contributed by atoms with E-state index in [2.05, 4.69) is 14.9 Å². The molecule has 2 N–H and O–H groups in total. The fraction of sp³-hybridized carbons (Fsp3) is 0.556. The summed E-state index contributed by atoms with van der Waals surface area (Å²) in [6.07, 6.45) is 5.79. The Bertz CT molecular complexity index is 262. The van der Waals surface area contributed by atoms with E-state index < -0.39 is 0 Å². The summed E-state index contributed by atoms with van der Waals surface area (Å²) in [6.45, 7) is 1.90. The van der Waals surface area contributed by atoms with Gasteiger partial charge in [-0.2, -0.15) is 0 Å². The van der Waals surface area contributed by atoms with E-state index in [0.717, 1.165) is 31.9 Å². The number of nitrogens with zero attached hydrogens (tertiary/aromatic N) is 3. The van der Waals surface area contributed by atoms with Crippen molar-refractivity contribution in [1.82, 2.24) is 9.97 Å². The highest BCUT2D eigenvalue weighted by Gasteiger charge is 2.17. The van der Waals surface area contributed by atoms with E-state index in [1.165, 1.54) is 0 Å². The molecule has 0 aromatic carbocycles. The van der Waals surface area contributed by atoms with Gasteiger partial charge in [-0.25, -0.2) is 9.97 Å². The van der Waals surface area contributed by atoms with E-state index >= 15 is 0 Å². The van der Waals surface area contributed by atoms with Crippen molar-refractivity contribution in [1.29, 1.82) is 0 Å². The number of anilines is 1. The van der Waals surface area contributed by atoms with Gasteiger partial charge in [0, 0.05) is 31.5 Å². The number of piperidine rings is 1. The third-order valence-electron chi connectivity index (χ3n) is 2.29. The molecule has 0 saturated carbocycles. The van der Waals surface area contributed by atoms with Crippen LogP contribution in [0.25, 0.3) is 0 Å². The number of rotatable bonds is 1. The first-order chi connectivity index (χ1) is 6.36. The fourth-order valence-electron chi connectivity index (χ4n) is 1.65. The van der Waals surface area contributed by atoms with E-state index in [1.807, 2.05) is 6.07 Å². The average Bonchev–Trinajstić information content (AvgIpc) is 2.19. The average molecular weight is 178 g/mol. The molecule has 70 valence electrons. The summed E-state index contributed by atoms with van der Waals surface area (Å²) >= 11 is 0. The zero-order valence-electron chi connectivity index (χ0n) is 7.56. The van der Waals surface area contributed by atoms with Crippen LogP contribution < -0.4 is 10.6 Å². The van der Waals surface area contributed by atoms with Gasteiger partial charge in [0.15, 0.2) is 0 Å². The van der Waals surface area contributed by atoms with Gasteiger partial charge in [-0.1, -0.05) is 0 Å². The van der Waals surface area contributed by atoms with E-state index in [9.17, 15) is 0 Å². The molecule has 0 radical (unpaired) electrons. The summed E-state index contributed by atoms with van der Waals surface area (Å²) < 4.78 is 0. The second kappa shape index (κ2) is 3.70. The quantitative estimate of drug-likeness (QED) is 0.676. The van der Waals surface area contributed by atoms with Crippen molar-refractivity contribution in [2.75, 3.05) is 18.0 Å². The van der Waals surface area contributed by atoms with Crippen LogP contribution in [-0.4, -0.2) is 29.1 Å². The van der Waals surface area contributed by atoms with Crippen molar-refractivity contribution < 1.29 is 0 Å². The van der Waals surface area contributed by atoms with Gasteiger partial charge < -0.3 is 10.6 Å². The summed E-state index contributed by atoms with van der Waals surface area (Å²) in [6, 6.07) is 2.10. The molecule has 2 rings (SSSR count). The molecule has 2 heterocycles. The summed E-state index contributed by atoms with van der Waals surface area (Å²) in [5.74, 6) is 0.803. The predicted octanol–water partition coefficient (Wildman–Crippen LogP) is 0.404. The third kappa shape index (κ3) is 1.95. The maximum absolute atomic E-state index is 5.87. The molecule has 1 fully saturated rings. The van der Waals surface area contributed by atoms with Gasteiger partial charge in [0.2, 0.25) is 5.95 Å². The molecule has 1 aliphatic heterocycles. The zero-order valence-corrected chi connectivity index (χ0v) is 7.56. The third-order valence-corrected chi connectivity index (χ3v) is 2.29. The number of hydrogen-bond donors (Lipinski definition) is 1. The monoisotopic (exact) mass is 178 g/mol. The Morgan fingerprint density at radius 2 is 2.15 bits per heavy atom. The van der Waals surface area contributed by atoms with Crippen molar-refractivity contribution in [2.24, 2.45) is 5.73 Å². The molecule has 1 aromatic heterocycles. The smallest absolute Gasteiger partial charge is 0.225 e. The standard InChI is InChI=1S/C9H14N4/c10-8-3-1-6-13(7-8)9-11-4-2-5-12-9/h2,4-5,8H,1,3,6-7,10H2/t8-/m1/s1. The van der Waals surface area contributed by atoms with Crippen LogP contribution in [0.2, 0.25) is 0 Å². The van der Waals surface area contributed by atoms with Crippen LogP contribution >= 0.6 is 0 Å². The fourth-order valence-corrected chi connectivity index (χ4v) is 1.65. The molecule has 0 bridgehead atoms. The summed E-state index contributed by atoms with van der Waals surface area (Å²) in [7, 11) is 0. The first kappa shape index (κ1) is 8.44. The van der Waals surface area contributed by atoms with Gasteiger partial charge in [-0.3, -0.25) is 0 Å². The van der Waals surface area contributed by atoms with Crippen molar-refractivity contribution >= 4 is 5.95 Å². The second-order valence-electron chi connectivity index (χ2n) is 3.40. The molecule has 0 unspecified atom stereocenters. The van der Waals surface area contributed by atoms with E-state index in [-0.39, 0.29) is 6.04 Å². The second-order valence-corrected chi connectivity index (χ2v) is 3.40. The largest absolute Gasteiger partial charge is 0.339 e. The van der Waals surface area contributed by atoms with Crippen molar-refractivity contribution in [3.63, 3.8) is 0 Å². The first-order valence-electron chi connectivity index (χ1n) is 4.64. The van der Waals surface area contributed by atoms with Crippen LogP contribution in [0.1, 0.15) is 12.8 Å². The number of nitrogens with two attached hydrogens (primary N) is 1. The van der Waals surface area contributed by atoms with Crippen molar-refractivity contribution in [2.45, 2.75) is 18.9 Å². The SMILES string of the molecule is N[C@@H]1CCCN(c2ncccn2)C1. The topological polar surface area (TPSA) is 55.0 Å². The van der Waals surface area contributed by atoms with Crippen LogP contribution in [0.3, 0.4) is 0 Å². The summed E-state index contributed by atoms with van der Waals surface area (Å²) in [5.41, 5.74) is 5.87. The highest BCUT2D eigenvalue weighted by atomic mass is 15.3. The number of hydrogen-bond acceptors (Lipinski definition) is 4. The lowest BCUT2D eigenvalue weighted by Gasteiger charge is -2.30. The van der Waals surface area contributed by atoms with Gasteiger partial charge in [0.25, 0.3) is 0 Å². The maximum atomic E-state index is 5.87. The number of aromatic nitrogens is 2. The van der Waals surface area contributed by atoms with Crippen LogP contribution in [0.5, 0.6) is 0 Å². The predicted molar refractivity (Wildman–Crippen MR) is 51.5 cm³/mol. The first-order valence-corrected chi connectivity index (χ1v) is 4.64. The molecule has 0 aliphatic carbocycles. The maximum Gasteiger partial charge on any atom is 0.225 e. The van der Waals surface area contributed by atoms with Gasteiger partial charge in [0.05, 0.1) is 0 Å². The molecule has 0 amide bonds. The van der Waals surface area contributed by atoms with E-state index in [1.54, 1.807) is 12.4 Å². The Morgan fingerprint density at radius 3 is 2.85 bits per heavy atom. The summed E-state index contributed by atoms with van der Waals surface area (Å²) in [4.78, 5) is 10.5. The Labute approximate surface area is 77.8 Å². The zero-order chi connectivity index (χ0) is 9.10. The van der Waals surface area contributed by atoms with Crippen molar-refractivity contribution in [3.8, 4) is 0 Å². The Balaban J connectivity index is 2.08. The van der Waals surface area contributed by atoms with Crippen LogP contribution in [0.15, 0.2) is 18.5 Å². The van der Waals surface area contributed by atoms with Gasteiger partial charge in [0.1, 0.15) is 0 Å². The molecular formula is C9H14N4. The van der Waals surface area contributed by atoms with Crippen molar-refractivity contribution in [3.05, 3.63) is 18.5 Å². The Hall–Kier alpha value is -1.16. The normalized spacial score (nSPS) is 23.2. The molecule has 1 aromatic rings. The van der Waals surface area contributed by atoms with E-state index in [0.29, 0.717) is 0 Å². The molecule has 1 atom stereocenters. The highest BCUT2D eigenvalue weighted by Crippen LogP contribution is 2.13.